The quantitative estimate of drug-likeness (QED) is 0.593. The Balaban J connectivity index is 1.63. The number of nitrogens with zero attached hydrogens (tertiary/aromatic N) is 2. The molecule has 1 unspecified atom stereocenters. The molecule has 1 aliphatic heterocycles. The molecule has 1 aromatic heterocycles. The van der Waals surface area contributed by atoms with E-state index < -0.39 is 12.3 Å². The van der Waals surface area contributed by atoms with Gasteiger partial charge in [0.15, 0.2) is 0 Å². The number of carbonyl (C=O) groups excluding carboxylic acids is 1. The van der Waals surface area contributed by atoms with Crippen molar-refractivity contribution in [3.8, 4) is 0 Å². The van der Waals surface area contributed by atoms with Crippen LogP contribution in [0.2, 0.25) is 0 Å². The molecular formula is C22H20BrN3O2. The first-order valence-electron chi connectivity index (χ1n) is 9.05. The smallest absolute Gasteiger partial charge is 0.242 e. The van der Waals surface area contributed by atoms with E-state index in [2.05, 4.69) is 32.8 Å². The number of benzene rings is 2. The highest BCUT2D eigenvalue weighted by Crippen LogP contribution is 2.37. The molecule has 1 saturated heterocycles. The maximum Gasteiger partial charge on any atom is 0.242 e. The van der Waals surface area contributed by atoms with Crippen molar-refractivity contribution in [2.75, 3.05) is 11.9 Å². The minimum absolute atomic E-state index is 0.00867. The summed E-state index contributed by atoms with van der Waals surface area (Å²) in [5.74, 6) is -0.177. The van der Waals surface area contributed by atoms with Crippen LogP contribution in [-0.2, 0) is 4.79 Å². The molecule has 2 aromatic carbocycles. The second kappa shape index (κ2) is 7.83. The van der Waals surface area contributed by atoms with Crippen LogP contribution in [0, 0.1) is 0 Å². The number of likely N-dealkylation sites (tertiary alicyclic amines) is 1. The van der Waals surface area contributed by atoms with Gasteiger partial charge in [-0.1, -0.05) is 52.8 Å². The van der Waals surface area contributed by atoms with Crippen LogP contribution in [0.25, 0.3) is 10.9 Å². The Labute approximate surface area is 171 Å². The van der Waals surface area contributed by atoms with E-state index in [1.54, 1.807) is 11.1 Å². The average Bonchev–Trinajstić information content (AvgIpc) is 2.69. The summed E-state index contributed by atoms with van der Waals surface area (Å²) in [4.78, 5) is 19.3. The van der Waals surface area contributed by atoms with E-state index in [0.717, 1.165) is 20.9 Å². The zero-order chi connectivity index (χ0) is 19.7. The number of nitrogens with one attached hydrogen (secondary N) is 1. The second-order valence-electron chi connectivity index (χ2n) is 6.82. The summed E-state index contributed by atoms with van der Waals surface area (Å²) in [5, 5.41) is 14.2. The number of fused-ring (bicyclic) bond motifs is 1. The number of aliphatic hydroxyl groups is 1. The zero-order valence-electron chi connectivity index (χ0n) is 15.1. The summed E-state index contributed by atoms with van der Waals surface area (Å²) < 4.78 is 0.987. The van der Waals surface area contributed by atoms with Crippen molar-refractivity contribution in [3.63, 3.8) is 0 Å². The Morgan fingerprint density at radius 2 is 2.00 bits per heavy atom. The Morgan fingerprint density at radius 1 is 1.25 bits per heavy atom. The molecule has 0 aliphatic carbocycles. The predicted octanol–water partition coefficient (Wildman–Crippen LogP) is 3.91. The fourth-order valence-corrected chi connectivity index (χ4v) is 3.95. The van der Waals surface area contributed by atoms with Crippen molar-refractivity contribution in [1.82, 2.24) is 9.88 Å². The summed E-state index contributed by atoms with van der Waals surface area (Å²) in [6, 6.07) is 17.0. The Hall–Kier alpha value is -2.54. The monoisotopic (exact) mass is 437 g/mol. The first-order chi connectivity index (χ1) is 13.6. The number of pyridine rings is 1. The standard InChI is InChI=1S/C22H20BrN3O2/c1-2-19(27)26-13-17(14-8-10-16(23)11-9-14)21(26)22(28)25-18-7-3-5-15-6-4-12-24-20(15)18/h2-12,17,19,21,27H,1,13H2,(H,25,28)/t17-,19?,21-/m1/s1. The van der Waals surface area contributed by atoms with Gasteiger partial charge in [-0.25, -0.2) is 0 Å². The van der Waals surface area contributed by atoms with Crippen molar-refractivity contribution in [3.05, 3.63) is 83.5 Å². The van der Waals surface area contributed by atoms with Gasteiger partial charge in [-0.05, 0) is 35.9 Å². The maximum absolute atomic E-state index is 13.2. The molecule has 0 bridgehead atoms. The molecule has 0 spiro atoms. The fourth-order valence-electron chi connectivity index (χ4n) is 3.68. The normalized spacial score (nSPS) is 20.4. The molecular weight excluding hydrogens is 418 g/mol. The third kappa shape index (κ3) is 3.46. The van der Waals surface area contributed by atoms with Crippen molar-refractivity contribution in [2.24, 2.45) is 0 Å². The van der Waals surface area contributed by atoms with E-state index in [0.29, 0.717) is 12.2 Å². The lowest BCUT2D eigenvalue weighted by Crippen LogP contribution is -2.63. The highest BCUT2D eigenvalue weighted by molar-refractivity contribution is 9.10. The number of aliphatic hydroxyl groups excluding tert-OH is 1. The van der Waals surface area contributed by atoms with Gasteiger partial charge in [-0.2, -0.15) is 0 Å². The van der Waals surface area contributed by atoms with Crippen molar-refractivity contribution in [1.29, 1.82) is 0 Å². The topological polar surface area (TPSA) is 65.5 Å². The highest BCUT2D eigenvalue weighted by atomic mass is 79.9. The Bertz CT molecular complexity index is 1020. The van der Waals surface area contributed by atoms with Gasteiger partial charge in [0.25, 0.3) is 0 Å². The molecule has 0 radical (unpaired) electrons. The first-order valence-corrected chi connectivity index (χ1v) is 9.84. The van der Waals surface area contributed by atoms with Crippen LogP contribution in [0.1, 0.15) is 11.5 Å². The number of amides is 1. The number of carbonyl (C=O) groups is 1. The van der Waals surface area contributed by atoms with Crippen LogP contribution in [-0.4, -0.2) is 39.7 Å². The lowest BCUT2D eigenvalue weighted by molar-refractivity contribution is -0.135. The highest BCUT2D eigenvalue weighted by Gasteiger charge is 2.46. The minimum atomic E-state index is -0.868. The van der Waals surface area contributed by atoms with Gasteiger partial charge in [0.2, 0.25) is 5.91 Å². The first kappa shape index (κ1) is 18.8. The van der Waals surface area contributed by atoms with Gasteiger partial charge < -0.3 is 10.4 Å². The number of anilines is 1. The molecule has 2 heterocycles. The summed E-state index contributed by atoms with van der Waals surface area (Å²) in [5.41, 5.74) is 2.47. The molecule has 3 atom stereocenters. The van der Waals surface area contributed by atoms with E-state index in [1.165, 1.54) is 6.08 Å². The molecule has 4 rings (SSSR count). The van der Waals surface area contributed by atoms with Crippen LogP contribution in [0.4, 0.5) is 5.69 Å². The van der Waals surface area contributed by atoms with Gasteiger partial charge in [0.05, 0.1) is 17.2 Å². The van der Waals surface area contributed by atoms with Gasteiger partial charge in [-0.15, -0.1) is 0 Å². The Kier molecular flexibility index (Phi) is 5.26. The van der Waals surface area contributed by atoms with E-state index >= 15 is 0 Å². The van der Waals surface area contributed by atoms with Gasteiger partial charge >= 0.3 is 0 Å². The zero-order valence-corrected chi connectivity index (χ0v) is 16.7. The number of rotatable bonds is 5. The SMILES string of the molecule is C=CC(O)N1C[C@H](c2ccc(Br)cc2)[C@@H]1C(=O)Nc1cccc2cccnc12. The lowest BCUT2D eigenvalue weighted by Gasteiger charge is -2.48. The van der Waals surface area contributed by atoms with Crippen molar-refractivity contribution >= 4 is 38.4 Å². The molecule has 1 amide bonds. The summed E-state index contributed by atoms with van der Waals surface area (Å²) in [6.07, 6.45) is 2.28. The second-order valence-corrected chi connectivity index (χ2v) is 7.73. The summed E-state index contributed by atoms with van der Waals surface area (Å²) in [6.45, 7) is 4.24. The van der Waals surface area contributed by atoms with E-state index in [-0.39, 0.29) is 11.8 Å². The van der Waals surface area contributed by atoms with Gasteiger partial charge in [0.1, 0.15) is 6.23 Å². The number of halogens is 1. The fraction of sp³-hybridized carbons (Fsp3) is 0.182. The Morgan fingerprint density at radius 3 is 2.75 bits per heavy atom. The number of hydrogen-bond acceptors (Lipinski definition) is 4. The van der Waals surface area contributed by atoms with Crippen LogP contribution in [0.5, 0.6) is 0 Å². The van der Waals surface area contributed by atoms with Crippen LogP contribution < -0.4 is 5.32 Å². The van der Waals surface area contributed by atoms with Crippen LogP contribution >= 0.6 is 15.9 Å². The maximum atomic E-state index is 13.2. The third-order valence-corrected chi connectivity index (χ3v) is 5.68. The van der Waals surface area contributed by atoms with Crippen molar-refractivity contribution < 1.29 is 9.90 Å². The molecule has 1 aliphatic rings. The number of hydrogen-bond donors (Lipinski definition) is 2. The van der Waals surface area contributed by atoms with E-state index in [9.17, 15) is 9.90 Å². The molecule has 2 N–H and O–H groups in total. The molecule has 142 valence electrons. The largest absolute Gasteiger partial charge is 0.375 e. The van der Waals surface area contributed by atoms with Crippen molar-refractivity contribution in [2.45, 2.75) is 18.2 Å². The predicted molar refractivity (Wildman–Crippen MR) is 114 cm³/mol. The molecule has 28 heavy (non-hydrogen) atoms. The number of aromatic nitrogens is 1. The van der Waals surface area contributed by atoms with Crippen LogP contribution in [0.15, 0.2) is 77.9 Å². The molecule has 5 nitrogen and oxygen atoms in total. The third-order valence-electron chi connectivity index (χ3n) is 5.15. The summed E-state index contributed by atoms with van der Waals surface area (Å²) in [7, 11) is 0. The minimum Gasteiger partial charge on any atom is -0.375 e. The molecule has 0 saturated carbocycles. The average molecular weight is 438 g/mol. The van der Waals surface area contributed by atoms with E-state index in [4.69, 9.17) is 0 Å². The van der Waals surface area contributed by atoms with Gasteiger partial charge in [-0.3, -0.25) is 14.7 Å². The molecule has 6 heteroatoms. The summed E-state index contributed by atoms with van der Waals surface area (Å²) >= 11 is 3.44. The van der Waals surface area contributed by atoms with Crippen LogP contribution in [0.3, 0.4) is 0 Å². The number of para-hydroxylation sites is 1. The lowest BCUT2D eigenvalue weighted by atomic mass is 9.81. The molecule has 3 aromatic rings. The molecule has 1 fully saturated rings. The van der Waals surface area contributed by atoms with E-state index in [1.807, 2.05) is 54.6 Å². The van der Waals surface area contributed by atoms with Gasteiger partial charge in [0, 0.05) is 28.5 Å².